The molecule has 2 aromatic carbocycles. The minimum atomic E-state index is 0. The maximum absolute atomic E-state index is 5.10. The topological polar surface area (TPSA) is 34.0 Å². The number of quaternary nitrogens is 1. The molecule has 112 valence electrons. The minimum absolute atomic E-state index is 0. The van der Waals surface area contributed by atoms with E-state index in [2.05, 4.69) is 43.5 Å². The van der Waals surface area contributed by atoms with Crippen molar-refractivity contribution in [3.05, 3.63) is 48.5 Å². The third-order valence-corrected chi connectivity index (χ3v) is 2.98. The fraction of sp³-hybridized carbons (Fsp3) is 0.250. The number of benzene rings is 2. The molecule has 0 atom stereocenters. The average molecular weight is 397 g/mol. The zero-order valence-corrected chi connectivity index (χ0v) is 14.9. The van der Waals surface area contributed by atoms with E-state index >= 15 is 0 Å². The molecule has 0 heterocycles. The quantitative estimate of drug-likeness (QED) is 0.435. The Morgan fingerprint density at radius 3 is 1.57 bits per heavy atom. The van der Waals surface area contributed by atoms with Gasteiger partial charge in [0.25, 0.3) is 0 Å². The van der Waals surface area contributed by atoms with Crippen molar-refractivity contribution < 1.29 is 28.7 Å². The van der Waals surface area contributed by atoms with Gasteiger partial charge in [-0.1, -0.05) is 0 Å². The first kappa shape index (κ1) is 17.6. The minimum Gasteiger partial charge on any atom is -1.00 e. The summed E-state index contributed by atoms with van der Waals surface area (Å²) in [6.07, 6.45) is 0. The van der Waals surface area contributed by atoms with E-state index in [0.717, 1.165) is 21.6 Å². The van der Waals surface area contributed by atoms with Crippen molar-refractivity contribution >= 4 is 17.1 Å². The molecule has 0 saturated heterocycles. The summed E-state index contributed by atoms with van der Waals surface area (Å²) in [4.78, 5) is 0. The Morgan fingerprint density at radius 1 is 0.762 bits per heavy atom. The second kappa shape index (κ2) is 7.51. The van der Waals surface area contributed by atoms with Crippen molar-refractivity contribution in [2.45, 2.75) is 0 Å². The van der Waals surface area contributed by atoms with Gasteiger partial charge in [0.05, 0.1) is 39.6 Å². The van der Waals surface area contributed by atoms with Gasteiger partial charge in [-0.05, 0) is 36.4 Å². The Bertz CT molecular complexity index is 586. The highest BCUT2D eigenvalue weighted by Gasteiger charge is 2.10. The molecule has 0 aliphatic carbocycles. The van der Waals surface area contributed by atoms with Crippen LogP contribution in [-0.4, -0.2) is 28.3 Å². The van der Waals surface area contributed by atoms with Gasteiger partial charge >= 0.3 is 0 Å². The number of azo groups is 1. The molecule has 0 aliphatic rings. The van der Waals surface area contributed by atoms with Gasteiger partial charge in [0, 0.05) is 12.1 Å². The summed E-state index contributed by atoms with van der Waals surface area (Å²) >= 11 is 0. The van der Waals surface area contributed by atoms with Gasteiger partial charge in [0.2, 0.25) is 0 Å². The van der Waals surface area contributed by atoms with E-state index in [0.29, 0.717) is 0 Å². The van der Waals surface area contributed by atoms with E-state index in [1.165, 1.54) is 5.69 Å². The molecule has 0 fully saturated rings. The summed E-state index contributed by atoms with van der Waals surface area (Å²) in [5.74, 6) is 0.816. The van der Waals surface area contributed by atoms with Crippen LogP contribution < -0.4 is 33.2 Å². The van der Waals surface area contributed by atoms with Crippen molar-refractivity contribution in [1.82, 2.24) is 4.48 Å². The lowest BCUT2D eigenvalue weighted by atomic mass is 10.2. The lowest BCUT2D eigenvalue weighted by Crippen LogP contribution is -3.00. The first-order valence-corrected chi connectivity index (χ1v) is 6.47. The van der Waals surface area contributed by atoms with Crippen LogP contribution in [0.3, 0.4) is 0 Å². The molecular formula is C16H20IN3O. The van der Waals surface area contributed by atoms with Crippen molar-refractivity contribution in [3.8, 4) is 5.75 Å². The van der Waals surface area contributed by atoms with Crippen molar-refractivity contribution in [2.24, 2.45) is 10.2 Å². The number of ether oxygens (including phenoxy) is 1. The van der Waals surface area contributed by atoms with E-state index < -0.39 is 0 Å². The predicted octanol–water partition coefficient (Wildman–Crippen LogP) is 1.31. The summed E-state index contributed by atoms with van der Waals surface area (Å²) in [5.41, 5.74) is 2.88. The molecule has 0 saturated carbocycles. The van der Waals surface area contributed by atoms with E-state index in [1.807, 2.05) is 36.4 Å². The van der Waals surface area contributed by atoms with E-state index in [4.69, 9.17) is 4.74 Å². The van der Waals surface area contributed by atoms with Crippen LogP contribution in [0.15, 0.2) is 58.8 Å². The Hall–Kier alpha value is -1.47. The van der Waals surface area contributed by atoms with Gasteiger partial charge in [-0.2, -0.15) is 10.2 Å². The molecule has 0 unspecified atom stereocenters. The smallest absolute Gasteiger partial charge is 0.132 e. The summed E-state index contributed by atoms with van der Waals surface area (Å²) in [5, 5.41) is 8.44. The molecule has 5 heteroatoms. The van der Waals surface area contributed by atoms with Gasteiger partial charge < -0.3 is 28.7 Å². The van der Waals surface area contributed by atoms with Gasteiger partial charge in [-0.3, -0.25) is 4.48 Å². The zero-order chi connectivity index (χ0) is 14.6. The first-order valence-electron chi connectivity index (χ1n) is 6.47. The largest absolute Gasteiger partial charge is 1.00 e. The van der Waals surface area contributed by atoms with Gasteiger partial charge in [0.15, 0.2) is 0 Å². The van der Waals surface area contributed by atoms with Crippen LogP contribution in [0, 0.1) is 0 Å². The lowest BCUT2D eigenvalue weighted by molar-refractivity contribution is -0.00000473. The molecule has 21 heavy (non-hydrogen) atoms. The van der Waals surface area contributed by atoms with Crippen LogP contribution in [0.4, 0.5) is 17.1 Å². The van der Waals surface area contributed by atoms with Gasteiger partial charge in [0.1, 0.15) is 11.4 Å². The van der Waals surface area contributed by atoms with Gasteiger partial charge in [-0.15, -0.1) is 0 Å². The first-order chi connectivity index (χ1) is 9.49. The zero-order valence-electron chi connectivity index (χ0n) is 12.7. The molecule has 0 bridgehead atoms. The Kier molecular flexibility index (Phi) is 6.29. The van der Waals surface area contributed by atoms with E-state index in [-0.39, 0.29) is 24.0 Å². The second-order valence-corrected chi connectivity index (χ2v) is 5.43. The molecule has 2 rings (SSSR count). The van der Waals surface area contributed by atoms with Crippen molar-refractivity contribution in [3.63, 3.8) is 0 Å². The number of rotatable bonds is 4. The van der Waals surface area contributed by atoms with Crippen LogP contribution in [0.5, 0.6) is 5.75 Å². The molecule has 0 N–H and O–H groups in total. The highest BCUT2D eigenvalue weighted by atomic mass is 127. The third kappa shape index (κ3) is 5.09. The summed E-state index contributed by atoms with van der Waals surface area (Å²) < 4.78 is 5.89. The molecular weight excluding hydrogens is 377 g/mol. The molecule has 0 radical (unpaired) electrons. The Balaban J connectivity index is 0.00000220. The molecule has 0 spiro atoms. The standard InChI is InChI=1S/C16H20N3O.HI/c1-19(2,3)15-9-5-13(6-10-15)17-18-14-7-11-16(20-4)12-8-14;/h5-12H,1-4H3;1H/q+1;/p-1. The normalized spacial score (nSPS) is 11.2. The van der Waals surface area contributed by atoms with Crippen LogP contribution in [0.1, 0.15) is 0 Å². The molecule has 2 aromatic rings. The van der Waals surface area contributed by atoms with Gasteiger partial charge in [-0.25, -0.2) is 0 Å². The van der Waals surface area contributed by atoms with Crippen LogP contribution in [0.25, 0.3) is 0 Å². The lowest BCUT2D eigenvalue weighted by Gasteiger charge is -2.23. The molecule has 0 aromatic heterocycles. The predicted molar refractivity (Wildman–Crippen MR) is 83.2 cm³/mol. The van der Waals surface area contributed by atoms with Crippen LogP contribution >= 0.6 is 0 Å². The average Bonchev–Trinajstić information content (AvgIpc) is 2.45. The van der Waals surface area contributed by atoms with E-state index in [1.54, 1.807) is 7.11 Å². The number of hydrogen-bond acceptors (Lipinski definition) is 3. The monoisotopic (exact) mass is 397 g/mol. The van der Waals surface area contributed by atoms with Crippen molar-refractivity contribution in [2.75, 3.05) is 28.3 Å². The third-order valence-electron chi connectivity index (χ3n) is 2.98. The van der Waals surface area contributed by atoms with E-state index in [9.17, 15) is 0 Å². The fourth-order valence-electron chi connectivity index (χ4n) is 1.73. The van der Waals surface area contributed by atoms with Crippen molar-refractivity contribution in [1.29, 1.82) is 0 Å². The second-order valence-electron chi connectivity index (χ2n) is 5.43. The number of methoxy groups -OCH3 is 1. The number of hydrogen-bond donors (Lipinski definition) is 0. The molecule has 0 amide bonds. The maximum Gasteiger partial charge on any atom is 0.132 e. The van der Waals surface area contributed by atoms with Crippen LogP contribution in [-0.2, 0) is 0 Å². The maximum atomic E-state index is 5.10. The highest BCUT2D eigenvalue weighted by molar-refractivity contribution is 5.50. The fourth-order valence-corrected chi connectivity index (χ4v) is 1.73. The molecule has 4 nitrogen and oxygen atoms in total. The summed E-state index contributed by atoms with van der Waals surface area (Å²) in [7, 11) is 8.04. The number of nitrogens with zero attached hydrogens (tertiary/aromatic N) is 3. The molecule has 0 aliphatic heterocycles. The van der Waals surface area contributed by atoms with Crippen LogP contribution in [0.2, 0.25) is 0 Å². The summed E-state index contributed by atoms with van der Waals surface area (Å²) in [6, 6.07) is 15.6. The number of halogens is 1. The highest BCUT2D eigenvalue weighted by Crippen LogP contribution is 2.24. The summed E-state index contributed by atoms with van der Waals surface area (Å²) in [6.45, 7) is 0. The Labute approximate surface area is 143 Å². The SMILES string of the molecule is COc1ccc(N=Nc2ccc([N+](C)(C)C)cc2)cc1.[I-]. The Morgan fingerprint density at radius 2 is 1.19 bits per heavy atom.